The first-order valence-electron chi connectivity index (χ1n) is 9.08. The quantitative estimate of drug-likeness (QED) is 0.609. The number of aliphatic carboxylic acids is 1. The SMILES string of the molecule is C=CCC(NC1c2ccccc2-c2cccc(-c3ccccc3)c21)C(=O)O. The molecule has 0 heterocycles. The maximum atomic E-state index is 11.7. The van der Waals surface area contributed by atoms with E-state index >= 15 is 0 Å². The summed E-state index contributed by atoms with van der Waals surface area (Å²) in [6.07, 6.45) is 2.02. The molecule has 3 aromatic carbocycles. The van der Waals surface area contributed by atoms with E-state index in [-0.39, 0.29) is 6.04 Å². The summed E-state index contributed by atoms with van der Waals surface area (Å²) in [4.78, 5) is 11.7. The van der Waals surface area contributed by atoms with Crippen LogP contribution in [0.15, 0.2) is 85.5 Å². The Balaban J connectivity index is 1.88. The summed E-state index contributed by atoms with van der Waals surface area (Å²) in [6.45, 7) is 3.71. The minimum atomic E-state index is -0.863. The average molecular weight is 355 g/mol. The van der Waals surface area contributed by atoms with E-state index < -0.39 is 12.0 Å². The number of hydrogen-bond acceptors (Lipinski definition) is 2. The first kappa shape index (κ1) is 17.3. The van der Waals surface area contributed by atoms with E-state index in [1.54, 1.807) is 6.08 Å². The van der Waals surface area contributed by atoms with Crippen molar-refractivity contribution in [1.29, 1.82) is 0 Å². The average Bonchev–Trinajstić information content (AvgIpc) is 3.02. The highest BCUT2D eigenvalue weighted by molar-refractivity contribution is 5.86. The second-order valence-corrected chi connectivity index (χ2v) is 6.73. The molecule has 1 aliphatic rings. The monoisotopic (exact) mass is 355 g/mol. The predicted molar refractivity (Wildman–Crippen MR) is 109 cm³/mol. The number of carboxylic acids is 1. The third kappa shape index (κ3) is 3.07. The lowest BCUT2D eigenvalue weighted by atomic mass is 9.93. The Labute approximate surface area is 159 Å². The molecule has 2 atom stereocenters. The summed E-state index contributed by atoms with van der Waals surface area (Å²) in [6, 6.07) is 23.9. The van der Waals surface area contributed by atoms with Crippen molar-refractivity contribution in [2.24, 2.45) is 0 Å². The van der Waals surface area contributed by atoms with Gasteiger partial charge in [-0.2, -0.15) is 0 Å². The van der Waals surface area contributed by atoms with E-state index in [1.807, 2.05) is 30.3 Å². The summed E-state index contributed by atoms with van der Waals surface area (Å²) >= 11 is 0. The van der Waals surface area contributed by atoms with Crippen molar-refractivity contribution >= 4 is 5.97 Å². The van der Waals surface area contributed by atoms with Gasteiger partial charge in [0.15, 0.2) is 0 Å². The van der Waals surface area contributed by atoms with Crippen LogP contribution in [0.3, 0.4) is 0 Å². The fraction of sp³-hybridized carbons (Fsp3) is 0.125. The van der Waals surface area contributed by atoms with Crippen LogP contribution >= 0.6 is 0 Å². The first-order valence-corrected chi connectivity index (χ1v) is 9.08. The molecule has 4 rings (SSSR count). The van der Waals surface area contributed by atoms with Crippen LogP contribution in [0, 0.1) is 0 Å². The summed E-state index contributed by atoms with van der Waals surface area (Å²) < 4.78 is 0. The highest BCUT2D eigenvalue weighted by Crippen LogP contribution is 2.47. The molecule has 0 saturated heterocycles. The number of hydrogen-bond donors (Lipinski definition) is 2. The van der Waals surface area contributed by atoms with Crippen LogP contribution < -0.4 is 5.32 Å². The Bertz CT molecular complexity index is 994. The van der Waals surface area contributed by atoms with Crippen LogP contribution in [0.2, 0.25) is 0 Å². The Morgan fingerprint density at radius 1 is 0.963 bits per heavy atom. The summed E-state index contributed by atoms with van der Waals surface area (Å²) in [5, 5.41) is 13.0. The second-order valence-electron chi connectivity index (χ2n) is 6.73. The maximum absolute atomic E-state index is 11.7. The van der Waals surface area contributed by atoms with E-state index in [0.717, 1.165) is 33.4 Å². The molecule has 2 unspecified atom stereocenters. The number of rotatable bonds is 6. The Hall–Kier alpha value is -3.17. The first-order chi connectivity index (χ1) is 13.2. The zero-order chi connectivity index (χ0) is 18.8. The molecule has 0 amide bonds. The maximum Gasteiger partial charge on any atom is 0.321 e. The molecule has 0 aromatic heterocycles. The Morgan fingerprint density at radius 2 is 1.63 bits per heavy atom. The topological polar surface area (TPSA) is 49.3 Å². The van der Waals surface area contributed by atoms with Gasteiger partial charge in [0, 0.05) is 0 Å². The fourth-order valence-electron chi connectivity index (χ4n) is 3.91. The molecule has 3 heteroatoms. The molecular weight excluding hydrogens is 334 g/mol. The zero-order valence-corrected chi connectivity index (χ0v) is 14.9. The minimum absolute atomic E-state index is 0.173. The van der Waals surface area contributed by atoms with Crippen molar-refractivity contribution in [2.45, 2.75) is 18.5 Å². The van der Waals surface area contributed by atoms with E-state index in [4.69, 9.17) is 0 Å². The molecule has 134 valence electrons. The van der Waals surface area contributed by atoms with Crippen molar-refractivity contribution in [2.75, 3.05) is 0 Å². The van der Waals surface area contributed by atoms with E-state index in [2.05, 4.69) is 54.4 Å². The lowest BCUT2D eigenvalue weighted by molar-refractivity contribution is -0.139. The molecular formula is C24H21NO2. The molecule has 2 N–H and O–H groups in total. The Morgan fingerprint density at radius 3 is 2.37 bits per heavy atom. The van der Waals surface area contributed by atoms with Gasteiger partial charge in [0.2, 0.25) is 0 Å². The molecule has 0 spiro atoms. The van der Waals surface area contributed by atoms with Crippen LogP contribution in [-0.2, 0) is 4.79 Å². The van der Waals surface area contributed by atoms with Crippen molar-refractivity contribution in [3.63, 3.8) is 0 Å². The van der Waals surface area contributed by atoms with Gasteiger partial charge in [-0.1, -0.05) is 78.9 Å². The largest absolute Gasteiger partial charge is 0.480 e. The van der Waals surface area contributed by atoms with Crippen LogP contribution in [0.5, 0.6) is 0 Å². The van der Waals surface area contributed by atoms with Crippen molar-refractivity contribution in [1.82, 2.24) is 5.32 Å². The van der Waals surface area contributed by atoms with Crippen LogP contribution in [0.4, 0.5) is 0 Å². The summed E-state index contributed by atoms with van der Waals surface area (Å²) in [5.41, 5.74) is 6.83. The minimum Gasteiger partial charge on any atom is -0.480 e. The third-order valence-electron chi connectivity index (χ3n) is 5.11. The van der Waals surface area contributed by atoms with Gasteiger partial charge in [0.1, 0.15) is 6.04 Å². The number of nitrogens with one attached hydrogen (secondary N) is 1. The zero-order valence-electron chi connectivity index (χ0n) is 14.9. The predicted octanol–water partition coefficient (Wildman–Crippen LogP) is 5.04. The number of carboxylic acid groups (broad SMARTS) is 1. The lowest BCUT2D eigenvalue weighted by Gasteiger charge is -2.23. The highest BCUT2D eigenvalue weighted by atomic mass is 16.4. The molecule has 0 fully saturated rings. The highest BCUT2D eigenvalue weighted by Gasteiger charge is 2.33. The number of carbonyl (C=O) groups is 1. The van der Waals surface area contributed by atoms with E-state index in [1.165, 1.54) is 0 Å². The van der Waals surface area contributed by atoms with Crippen molar-refractivity contribution in [3.8, 4) is 22.3 Å². The van der Waals surface area contributed by atoms with Gasteiger partial charge >= 0.3 is 5.97 Å². The standard InChI is InChI=1S/C24H21NO2/c1-2-9-21(24(26)27)25-23-20-13-7-6-12-18(20)19-15-8-14-17(22(19)23)16-10-4-3-5-11-16/h2-8,10-15,21,23,25H,1,9H2,(H,26,27). The number of benzene rings is 3. The van der Waals surface area contributed by atoms with Gasteiger partial charge in [-0.15, -0.1) is 6.58 Å². The van der Waals surface area contributed by atoms with Crippen molar-refractivity contribution in [3.05, 3.63) is 96.6 Å². The molecule has 3 nitrogen and oxygen atoms in total. The number of fused-ring (bicyclic) bond motifs is 3. The van der Waals surface area contributed by atoms with Gasteiger partial charge in [-0.3, -0.25) is 10.1 Å². The molecule has 27 heavy (non-hydrogen) atoms. The van der Waals surface area contributed by atoms with Gasteiger partial charge in [-0.05, 0) is 39.8 Å². The molecule has 0 bridgehead atoms. The molecule has 0 saturated carbocycles. The summed E-state index contributed by atoms with van der Waals surface area (Å²) in [5.74, 6) is -0.863. The van der Waals surface area contributed by atoms with E-state index in [9.17, 15) is 9.90 Å². The lowest BCUT2D eigenvalue weighted by Crippen LogP contribution is -2.38. The fourth-order valence-corrected chi connectivity index (χ4v) is 3.91. The van der Waals surface area contributed by atoms with Crippen LogP contribution in [0.1, 0.15) is 23.6 Å². The van der Waals surface area contributed by atoms with Gasteiger partial charge in [0.25, 0.3) is 0 Å². The van der Waals surface area contributed by atoms with Crippen molar-refractivity contribution < 1.29 is 9.90 Å². The van der Waals surface area contributed by atoms with Crippen LogP contribution in [-0.4, -0.2) is 17.1 Å². The van der Waals surface area contributed by atoms with Crippen LogP contribution in [0.25, 0.3) is 22.3 Å². The molecule has 0 aliphatic heterocycles. The molecule has 0 radical (unpaired) electrons. The normalized spacial score (nSPS) is 15.6. The smallest absolute Gasteiger partial charge is 0.321 e. The third-order valence-corrected chi connectivity index (χ3v) is 5.11. The second kappa shape index (κ2) is 7.22. The molecule has 3 aromatic rings. The van der Waals surface area contributed by atoms with Gasteiger partial charge in [-0.25, -0.2) is 0 Å². The Kier molecular flexibility index (Phi) is 4.61. The van der Waals surface area contributed by atoms with Gasteiger partial charge in [0.05, 0.1) is 6.04 Å². The summed E-state index contributed by atoms with van der Waals surface area (Å²) in [7, 11) is 0. The van der Waals surface area contributed by atoms with E-state index in [0.29, 0.717) is 6.42 Å². The molecule has 1 aliphatic carbocycles. The van der Waals surface area contributed by atoms with Gasteiger partial charge < -0.3 is 5.11 Å².